The summed E-state index contributed by atoms with van der Waals surface area (Å²) in [6.07, 6.45) is -0.519. The van der Waals surface area contributed by atoms with Gasteiger partial charge in [0.2, 0.25) is 5.91 Å². The third kappa shape index (κ3) is 4.20. The maximum absolute atomic E-state index is 15.4. The molecule has 2 aliphatic heterocycles. The second kappa shape index (κ2) is 8.87. The molecule has 1 unspecified atom stereocenters. The summed E-state index contributed by atoms with van der Waals surface area (Å²) in [7, 11) is 3.50. The van der Waals surface area contributed by atoms with Crippen LogP contribution in [0.15, 0.2) is 42.6 Å². The number of rotatable bonds is 1. The molecule has 2 aromatic heterocycles. The lowest BCUT2D eigenvalue weighted by molar-refractivity contribution is -0.141. The normalized spacial score (nSPS) is 20.6. The molecule has 2 aliphatic rings. The number of carbonyl (C=O) groups excluding carboxylic acids is 1. The zero-order chi connectivity index (χ0) is 25.8. The Bertz CT molecular complexity index is 1410. The monoisotopic (exact) mass is 515 g/mol. The van der Waals surface area contributed by atoms with E-state index in [0.717, 1.165) is 21.2 Å². The fourth-order valence-corrected chi connectivity index (χ4v) is 5.85. The van der Waals surface area contributed by atoms with Crippen LogP contribution in [0.4, 0.5) is 17.6 Å². The van der Waals surface area contributed by atoms with Crippen LogP contribution in [0, 0.1) is 17.1 Å². The molecule has 0 N–H and O–H groups in total. The largest absolute Gasteiger partial charge is 0.435 e. The number of thiophene rings is 1. The molecule has 0 spiro atoms. The molecule has 6 nitrogen and oxygen atoms in total. The third-order valence-corrected chi connectivity index (χ3v) is 7.64. The summed E-state index contributed by atoms with van der Waals surface area (Å²) in [5, 5.41) is 13.3. The van der Waals surface area contributed by atoms with Gasteiger partial charge in [-0.25, -0.2) is 4.39 Å². The van der Waals surface area contributed by atoms with Crippen molar-refractivity contribution in [3.8, 4) is 17.2 Å². The summed E-state index contributed by atoms with van der Waals surface area (Å²) < 4.78 is 59.0. The predicted molar refractivity (Wildman–Crippen MR) is 126 cm³/mol. The van der Waals surface area contributed by atoms with Crippen LogP contribution in [0.5, 0.6) is 0 Å². The maximum atomic E-state index is 15.4. The van der Waals surface area contributed by atoms with Crippen molar-refractivity contribution >= 4 is 17.2 Å². The standard InChI is InChI=1S/C25H21F4N5OS/c1-32(2)14-6-7-22(35)33-11-18(17-8-15(9-30)36-21(17)13-33)16-4-3-5-20(26)23(16)19-12-34(10-14)31-24(19)25(27,28)29/h3-8,12,14,18H,10-11,13H2,1-2H3/b7-6+/t14?,18-/m0/s1. The molecule has 0 radical (unpaired) electrons. The van der Waals surface area contributed by atoms with Crippen LogP contribution in [0.3, 0.4) is 0 Å². The molecule has 36 heavy (non-hydrogen) atoms. The van der Waals surface area contributed by atoms with Gasteiger partial charge in [-0.3, -0.25) is 9.48 Å². The van der Waals surface area contributed by atoms with E-state index in [-0.39, 0.29) is 36.7 Å². The van der Waals surface area contributed by atoms with E-state index in [1.165, 1.54) is 29.7 Å². The van der Waals surface area contributed by atoms with Gasteiger partial charge in [-0.2, -0.15) is 23.5 Å². The summed E-state index contributed by atoms with van der Waals surface area (Å²) in [5.41, 5.74) is -0.678. The Morgan fingerprint density at radius 2 is 2.00 bits per heavy atom. The highest BCUT2D eigenvalue weighted by molar-refractivity contribution is 7.12. The highest BCUT2D eigenvalue weighted by Crippen LogP contribution is 2.45. The fraction of sp³-hybridized carbons (Fsp3) is 0.320. The van der Waals surface area contributed by atoms with Crippen molar-refractivity contribution in [2.24, 2.45) is 0 Å². The van der Waals surface area contributed by atoms with Crippen LogP contribution in [0.2, 0.25) is 0 Å². The van der Waals surface area contributed by atoms with Gasteiger partial charge in [0.25, 0.3) is 0 Å². The smallest absolute Gasteiger partial charge is 0.333 e. The van der Waals surface area contributed by atoms with Crippen molar-refractivity contribution in [1.82, 2.24) is 19.6 Å². The minimum absolute atomic E-state index is 0.0337. The molecule has 3 aromatic rings. The predicted octanol–water partition coefficient (Wildman–Crippen LogP) is 4.62. The second-order valence-electron chi connectivity index (χ2n) is 9.08. The first-order valence-corrected chi connectivity index (χ1v) is 12.0. The number of carbonyl (C=O) groups is 1. The number of aromatic nitrogens is 2. The summed E-state index contributed by atoms with van der Waals surface area (Å²) >= 11 is 1.23. The van der Waals surface area contributed by atoms with Gasteiger partial charge in [-0.15, -0.1) is 11.3 Å². The lowest BCUT2D eigenvalue weighted by atomic mass is 9.83. The summed E-state index contributed by atoms with van der Waals surface area (Å²) in [5.74, 6) is -1.70. The van der Waals surface area contributed by atoms with Gasteiger partial charge in [-0.1, -0.05) is 18.2 Å². The van der Waals surface area contributed by atoms with E-state index in [9.17, 15) is 23.2 Å². The summed E-state index contributed by atoms with van der Waals surface area (Å²) in [4.78, 5) is 17.7. The van der Waals surface area contributed by atoms with Gasteiger partial charge in [0.05, 0.1) is 13.1 Å². The molecule has 0 saturated carbocycles. The van der Waals surface area contributed by atoms with Crippen molar-refractivity contribution in [2.45, 2.75) is 31.2 Å². The maximum Gasteiger partial charge on any atom is 0.435 e. The van der Waals surface area contributed by atoms with E-state index < -0.39 is 29.6 Å². The van der Waals surface area contributed by atoms with Crippen molar-refractivity contribution in [3.05, 3.63) is 75.0 Å². The lowest BCUT2D eigenvalue weighted by Gasteiger charge is -2.33. The molecule has 5 rings (SSSR count). The number of nitrogens with zero attached hydrogens (tertiary/aromatic N) is 5. The van der Waals surface area contributed by atoms with Crippen LogP contribution in [-0.4, -0.2) is 52.2 Å². The molecule has 186 valence electrons. The first kappa shape index (κ1) is 24.2. The van der Waals surface area contributed by atoms with E-state index in [1.807, 2.05) is 0 Å². The first-order valence-electron chi connectivity index (χ1n) is 11.2. The van der Waals surface area contributed by atoms with E-state index >= 15 is 4.39 Å². The number of fused-ring (bicyclic) bond motifs is 9. The van der Waals surface area contributed by atoms with Gasteiger partial charge in [0.15, 0.2) is 5.69 Å². The number of hydrogen-bond acceptors (Lipinski definition) is 5. The molecule has 4 heterocycles. The Kier molecular flexibility index (Phi) is 5.97. The minimum Gasteiger partial charge on any atom is -0.333 e. The molecule has 2 atom stereocenters. The second-order valence-corrected chi connectivity index (χ2v) is 10.2. The molecule has 0 aliphatic carbocycles. The Morgan fingerprint density at radius 3 is 2.69 bits per heavy atom. The first-order chi connectivity index (χ1) is 17.1. The van der Waals surface area contributed by atoms with Crippen LogP contribution in [0.1, 0.15) is 32.5 Å². The van der Waals surface area contributed by atoms with E-state index in [1.54, 1.807) is 42.1 Å². The van der Waals surface area contributed by atoms with E-state index in [0.29, 0.717) is 10.4 Å². The Hall–Kier alpha value is -3.49. The summed E-state index contributed by atoms with van der Waals surface area (Å²) in [6, 6.07) is 7.51. The van der Waals surface area contributed by atoms with Gasteiger partial charge < -0.3 is 9.80 Å². The Labute approximate surface area is 208 Å². The molecule has 1 amide bonds. The van der Waals surface area contributed by atoms with Crippen molar-refractivity contribution < 1.29 is 22.4 Å². The van der Waals surface area contributed by atoms with E-state index in [2.05, 4.69) is 11.2 Å². The van der Waals surface area contributed by atoms with Crippen molar-refractivity contribution in [2.75, 3.05) is 20.6 Å². The van der Waals surface area contributed by atoms with Gasteiger partial charge in [-0.05, 0) is 37.4 Å². The van der Waals surface area contributed by atoms with Crippen LogP contribution in [0.25, 0.3) is 11.1 Å². The highest BCUT2D eigenvalue weighted by Gasteiger charge is 2.40. The number of amides is 1. The van der Waals surface area contributed by atoms with Crippen molar-refractivity contribution in [3.63, 3.8) is 0 Å². The zero-order valence-corrected chi connectivity index (χ0v) is 20.2. The van der Waals surface area contributed by atoms with E-state index in [4.69, 9.17) is 0 Å². The van der Waals surface area contributed by atoms with Gasteiger partial charge in [0.1, 0.15) is 16.8 Å². The van der Waals surface area contributed by atoms with Gasteiger partial charge >= 0.3 is 6.18 Å². The lowest BCUT2D eigenvalue weighted by Crippen LogP contribution is -2.38. The average molecular weight is 516 g/mol. The number of likely N-dealkylation sites (N-methyl/N-ethyl adjacent to an activating group) is 1. The Balaban J connectivity index is 1.81. The summed E-state index contributed by atoms with van der Waals surface area (Å²) in [6.45, 7) is 0.436. The van der Waals surface area contributed by atoms with Crippen LogP contribution in [-0.2, 0) is 24.1 Å². The highest BCUT2D eigenvalue weighted by atomic mass is 32.1. The molecule has 1 aromatic carbocycles. The van der Waals surface area contributed by atoms with Gasteiger partial charge in [0, 0.05) is 46.8 Å². The fourth-order valence-electron chi connectivity index (χ4n) is 4.82. The molecule has 0 saturated heterocycles. The number of benzene rings is 1. The quantitative estimate of drug-likeness (QED) is 0.444. The number of alkyl halides is 3. The minimum atomic E-state index is -4.81. The van der Waals surface area contributed by atoms with Crippen LogP contribution >= 0.6 is 11.3 Å². The molecule has 4 bridgehead atoms. The zero-order valence-electron chi connectivity index (χ0n) is 19.4. The molecular weight excluding hydrogens is 494 g/mol. The molecular formula is C25H21F4N5OS. The molecule has 0 fully saturated rings. The van der Waals surface area contributed by atoms with Crippen molar-refractivity contribution in [1.29, 1.82) is 5.26 Å². The Morgan fingerprint density at radius 1 is 1.22 bits per heavy atom. The SMILES string of the molecule is CN(C)C1/C=C/C(=O)N2Cc3sc(C#N)cc3[C@@H](C2)c2cccc(F)c2-c2cn(nc2C(F)(F)F)C1. The average Bonchev–Trinajstić information content (AvgIpc) is 3.44. The number of nitriles is 1. The number of halogens is 4. The van der Waals surface area contributed by atoms with Crippen LogP contribution < -0.4 is 0 Å². The third-order valence-electron chi connectivity index (χ3n) is 6.60. The topological polar surface area (TPSA) is 65.2 Å². The number of hydrogen-bond donors (Lipinski definition) is 0. The molecule has 11 heteroatoms.